The first-order valence-corrected chi connectivity index (χ1v) is 14.3. The topological polar surface area (TPSA) is 143 Å². The third kappa shape index (κ3) is 7.51. The molecular formula is C28H37ClN4O7. The third-order valence-corrected chi connectivity index (χ3v) is 7.92. The molecule has 4 atom stereocenters. The number of hydrogen-bond donors (Lipinski definition) is 3. The maximum atomic E-state index is 13.3. The van der Waals surface area contributed by atoms with Gasteiger partial charge in [-0.15, -0.1) is 0 Å². The lowest BCUT2D eigenvalue weighted by molar-refractivity contribution is -0.168. The Hall–Kier alpha value is -3.18. The van der Waals surface area contributed by atoms with Gasteiger partial charge in [-0.3, -0.25) is 24.0 Å². The molecule has 2 unspecified atom stereocenters. The molecule has 0 spiro atoms. The Bertz CT molecular complexity index is 1140. The van der Waals surface area contributed by atoms with E-state index in [4.69, 9.17) is 21.1 Å². The molecule has 3 N–H and O–H groups in total. The number of nitrogens with one attached hydrogen (secondary N) is 3. The lowest BCUT2D eigenvalue weighted by Gasteiger charge is -2.29. The fourth-order valence-electron chi connectivity index (χ4n) is 5.51. The van der Waals surface area contributed by atoms with Crippen LogP contribution in [0, 0.1) is 5.92 Å². The number of anilines is 1. The van der Waals surface area contributed by atoms with Gasteiger partial charge in [-0.1, -0.05) is 30.9 Å². The minimum absolute atomic E-state index is 0.0114. The molecule has 0 aromatic heterocycles. The molecule has 0 bridgehead atoms. The van der Waals surface area contributed by atoms with Crippen molar-refractivity contribution in [3.8, 4) is 0 Å². The molecule has 12 heteroatoms. The summed E-state index contributed by atoms with van der Waals surface area (Å²) in [5, 5.41) is 8.29. The van der Waals surface area contributed by atoms with Crippen molar-refractivity contribution in [3.05, 3.63) is 28.8 Å². The maximum absolute atomic E-state index is 13.3. The van der Waals surface area contributed by atoms with E-state index in [2.05, 4.69) is 16.0 Å². The molecule has 4 rings (SSSR count). The number of nitrogens with zero attached hydrogens (tertiary/aromatic N) is 1. The summed E-state index contributed by atoms with van der Waals surface area (Å²) in [5.41, 5.74) is 0.594. The van der Waals surface area contributed by atoms with E-state index in [-0.39, 0.29) is 28.8 Å². The Morgan fingerprint density at radius 2 is 1.88 bits per heavy atom. The van der Waals surface area contributed by atoms with Gasteiger partial charge in [0.25, 0.3) is 5.91 Å². The molecule has 11 nitrogen and oxygen atoms in total. The van der Waals surface area contributed by atoms with E-state index in [9.17, 15) is 24.0 Å². The van der Waals surface area contributed by atoms with Gasteiger partial charge in [-0.05, 0) is 56.7 Å². The standard InChI is InChI=1S/C28H37ClN4O7/c1-16(30-25(36)19-10-11-21(20(29)13-19)31-17(2)34)27(38)33-12-6-9-23(33)26(37)32-22-14-24(35)40-28(22)39-15-18-7-4-3-5-8-18/h10-11,13,16,18,22-23,28H,3-9,12,14-15H2,1-2H3,(H,30,36)(H,31,34)(H,32,37)/t16-,22?,23-,28?/m0/s1. The van der Waals surface area contributed by atoms with E-state index >= 15 is 0 Å². The maximum Gasteiger partial charge on any atom is 0.310 e. The normalized spacial score (nSPS) is 23.8. The molecule has 218 valence electrons. The summed E-state index contributed by atoms with van der Waals surface area (Å²) in [6.07, 6.45) is 6.00. The average Bonchev–Trinajstić information content (AvgIpc) is 3.55. The Morgan fingerprint density at radius 3 is 2.58 bits per heavy atom. The van der Waals surface area contributed by atoms with Crippen LogP contribution in [0.1, 0.15) is 75.6 Å². The summed E-state index contributed by atoms with van der Waals surface area (Å²) in [6, 6.07) is 2.15. The molecule has 4 amide bonds. The molecule has 1 aliphatic carbocycles. The number of carbonyl (C=O) groups excluding carboxylic acids is 5. The molecule has 40 heavy (non-hydrogen) atoms. The highest BCUT2D eigenvalue weighted by Gasteiger charge is 2.41. The van der Waals surface area contributed by atoms with Crippen LogP contribution in [0.4, 0.5) is 5.69 Å². The van der Waals surface area contributed by atoms with Gasteiger partial charge in [0.15, 0.2) is 0 Å². The number of ether oxygens (including phenoxy) is 2. The van der Waals surface area contributed by atoms with Crippen molar-refractivity contribution in [2.45, 2.75) is 89.6 Å². The van der Waals surface area contributed by atoms with Crippen LogP contribution in [0.15, 0.2) is 18.2 Å². The minimum atomic E-state index is -0.905. The van der Waals surface area contributed by atoms with Gasteiger partial charge >= 0.3 is 5.97 Å². The van der Waals surface area contributed by atoms with E-state index < -0.39 is 42.2 Å². The number of hydrogen-bond acceptors (Lipinski definition) is 7. The largest absolute Gasteiger partial charge is 0.433 e. The van der Waals surface area contributed by atoms with E-state index in [0.717, 1.165) is 12.8 Å². The Balaban J connectivity index is 1.32. The molecule has 1 saturated carbocycles. The van der Waals surface area contributed by atoms with Crippen molar-refractivity contribution >= 4 is 46.9 Å². The van der Waals surface area contributed by atoms with Crippen LogP contribution in [-0.4, -0.2) is 72.1 Å². The van der Waals surface area contributed by atoms with Crippen LogP contribution < -0.4 is 16.0 Å². The van der Waals surface area contributed by atoms with Crippen LogP contribution >= 0.6 is 11.6 Å². The quantitative estimate of drug-likeness (QED) is 0.384. The minimum Gasteiger partial charge on any atom is -0.433 e. The van der Waals surface area contributed by atoms with Gasteiger partial charge in [-0.25, -0.2) is 0 Å². The van der Waals surface area contributed by atoms with Gasteiger partial charge in [-0.2, -0.15) is 0 Å². The highest BCUT2D eigenvalue weighted by Crippen LogP contribution is 2.27. The molecule has 1 aromatic carbocycles. The van der Waals surface area contributed by atoms with Crippen molar-refractivity contribution in [2.75, 3.05) is 18.5 Å². The average molecular weight is 577 g/mol. The number of benzene rings is 1. The molecule has 2 heterocycles. The van der Waals surface area contributed by atoms with Gasteiger partial charge in [0.2, 0.25) is 24.0 Å². The van der Waals surface area contributed by atoms with Crippen LogP contribution in [0.2, 0.25) is 5.02 Å². The number of carbonyl (C=O) groups is 5. The third-order valence-electron chi connectivity index (χ3n) is 7.61. The van der Waals surface area contributed by atoms with E-state index in [0.29, 0.717) is 37.6 Å². The number of esters is 1. The van der Waals surface area contributed by atoms with Gasteiger partial charge in [0.05, 0.1) is 23.7 Å². The lowest BCUT2D eigenvalue weighted by Crippen LogP contribution is -2.54. The second kappa shape index (κ2) is 13.5. The van der Waals surface area contributed by atoms with Crippen LogP contribution in [0.5, 0.6) is 0 Å². The van der Waals surface area contributed by atoms with Gasteiger partial charge in [0.1, 0.15) is 18.1 Å². The van der Waals surface area contributed by atoms with Crippen molar-refractivity contribution < 1.29 is 33.4 Å². The summed E-state index contributed by atoms with van der Waals surface area (Å²) in [7, 11) is 0. The van der Waals surface area contributed by atoms with Crippen molar-refractivity contribution in [3.63, 3.8) is 0 Å². The summed E-state index contributed by atoms with van der Waals surface area (Å²) >= 11 is 6.17. The highest BCUT2D eigenvalue weighted by molar-refractivity contribution is 6.34. The predicted octanol–water partition coefficient (Wildman–Crippen LogP) is 2.76. The summed E-state index contributed by atoms with van der Waals surface area (Å²) in [6.45, 7) is 3.76. The van der Waals surface area contributed by atoms with Crippen LogP contribution in [-0.2, 0) is 28.7 Å². The molecule has 2 aliphatic heterocycles. The van der Waals surface area contributed by atoms with Crippen LogP contribution in [0.25, 0.3) is 0 Å². The molecule has 3 fully saturated rings. The van der Waals surface area contributed by atoms with Crippen LogP contribution in [0.3, 0.4) is 0 Å². The molecular weight excluding hydrogens is 540 g/mol. The Morgan fingerprint density at radius 1 is 1.12 bits per heavy atom. The van der Waals surface area contributed by atoms with Gasteiger partial charge in [0, 0.05) is 19.0 Å². The summed E-state index contributed by atoms with van der Waals surface area (Å²) < 4.78 is 11.2. The SMILES string of the molecule is CC(=O)Nc1ccc(C(=O)N[C@@H](C)C(=O)N2CCC[C@H]2C(=O)NC2CC(=O)OC2OCC2CCCCC2)cc1Cl. The second-order valence-corrected chi connectivity index (χ2v) is 11.2. The molecule has 0 radical (unpaired) electrons. The number of amides is 4. The lowest BCUT2D eigenvalue weighted by atomic mass is 9.90. The van der Waals surface area contributed by atoms with Crippen molar-refractivity contribution in [1.82, 2.24) is 15.5 Å². The zero-order chi connectivity index (χ0) is 28.8. The Labute approximate surface area is 238 Å². The monoisotopic (exact) mass is 576 g/mol. The zero-order valence-corrected chi connectivity index (χ0v) is 23.6. The number of rotatable bonds is 9. The second-order valence-electron chi connectivity index (χ2n) is 10.8. The Kier molecular flexibility index (Phi) is 10.0. The number of cyclic esters (lactones) is 1. The number of halogens is 1. The van der Waals surface area contributed by atoms with E-state index in [1.165, 1.54) is 49.3 Å². The zero-order valence-electron chi connectivity index (χ0n) is 22.9. The van der Waals surface area contributed by atoms with E-state index in [1.807, 2.05) is 0 Å². The first-order chi connectivity index (χ1) is 19.1. The first kappa shape index (κ1) is 29.8. The first-order valence-electron chi connectivity index (χ1n) is 13.9. The fourth-order valence-corrected chi connectivity index (χ4v) is 5.74. The summed E-state index contributed by atoms with van der Waals surface area (Å²) in [5.74, 6) is -1.58. The van der Waals surface area contributed by atoms with E-state index in [1.54, 1.807) is 6.92 Å². The highest BCUT2D eigenvalue weighted by atomic mass is 35.5. The number of likely N-dealkylation sites (tertiary alicyclic amines) is 1. The summed E-state index contributed by atoms with van der Waals surface area (Å²) in [4.78, 5) is 64.0. The molecule has 1 aromatic rings. The van der Waals surface area contributed by atoms with Crippen molar-refractivity contribution in [2.24, 2.45) is 5.92 Å². The smallest absolute Gasteiger partial charge is 0.310 e. The predicted molar refractivity (Wildman–Crippen MR) is 146 cm³/mol. The van der Waals surface area contributed by atoms with Crippen molar-refractivity contribution in [1.29, 1.82) is 0 Å². The fraction of sp³-hybridized carbons (Fsp3) is 0.607. The molecule has 3 aliphatic rings. The molecule has 2 saturated heterocycles. The van der Waals surface area contributed by atoms with Gasteiger partial charge < -0.3 is 30.3 Å².